The van der Waals surface area contributed by atoms with Crippen molar-refractivity contribution in [3.05, 3.63) is 35.4 Å². The minimum atomic E-state index is -0.893. The summed E-state index contributed by atoms with van der Waals surface area (Å²) in [5.74, 6) is -1.25. The molecule has 2 N–H and O–H groups in total. The lowest BCUT2D eigenvalue weighted by Crippen LogP contribution is -2.36. The molecule has 1 fully saturated rings. The van der Waals surface area contributed by atoms with Crippen molar-refractivity contribution in [2.45, 2.75) is 45.2 Å². The lowest BCUT2D eigenvalue weighted by atomic mass is 10.1. The third kappa shape index (κ3) is 4.31. The summed E-state index contributed by atoms with van der Waals surface area (Å²) in [6, 6.07) is 6.27. The molecule has 0 saturated carbocycles. The first-order chi connectivity index (χ1) is 10.9. The number of carboxylic acids is 1. The van der Waals surface area contributed by atoms with Crippen molar-refractivity contribution in [1.82, 2.24) is 10.2 Å². The Kier molecular flexibility index (Phi) is 5.36. The Morgan fingerprint density at radius 3 is 2.39 bits per heavy atom. The van der Waals surface area contributed by atoms with Gasteiger partial charge in [-0.1, -0.05) is 0 Å². The molecule has 0 bridgehead atoms. The zero-order chi connectivity index (χ0) is 17.0. The summed E-state index contributed by atoms with van der Waals surface area (Å²) in [6.07, 6.45) is 1.51. The van der Waals surface area contributed by atoms with E-state index in [0.717, 1.165) is 6.42 Å². The van der Waals surface area contributed by atoms with Gasteiger partial charge in [-0.3, -0.25) is 14.4 Å². The first-order valence-electron chi connectivity index (χ1n) is 7.82. The molecule has 0 aromatic heterocycles. The predicted octanol–water partition coefficient (Wildman–Crippen LogP) is 1.90. The van der Waals surface area contributed by atoms with E-state index in [0.29, 0.717) is 24.1 Å². The molecule has 1 heterocycles. The largest absolute Gasteiger partial charge is 0.481 e. The fourth-order valence-corrected chi connectivity index (χ4v) is 2.79. The van der Waals surface area contributed by atoms with Gasteiger partial charge in [-0.2, -0.15) is 0 Å². The average Bonchev–Trinajstić information content (AvgIpc) is 2.93. The van der Waals surface area contributed by atoms with E-state index in [-0.39, 0.29) is 30.3 Å². The number of carbonyl (C=O) groups is 3. The van der Waals surface area contributed by atoms with Crippen molar-refractivity contribution in [3.63, 3.8) is 0 Å². The Morgan fingerprint density at radius 2 is 1.83 bits per heavy atom. The Bertz CT molecular complexity index is 595. The third-order valence-electron chi connectivity index (χ3n) is 3.86. The number of benzene rings is 1. The van der Waals surface area contributed by atoms with E-state index in [1.807, 2.05) is 13.8 Å². The van der Waals surface area contributed by atoms with Gasteiger partial charge in [0.05, 0.1) is 6.42 Å². The summed E-state index contributed by atoms with van der Waals surface area (Å²) >= 11 is 0. The van der Waals surface area contributed by atoms with E-state index in [1.165, 1.54) is 0 Å². The van der Waals surface area contributed by atoms with E-state index in [1.54, 1.807) is 29.2 Å². The number of hydrogen-bond acceptors (Lipinski definition) is 3. The van der Waals surface area contributed by atoms with Gasteiger partial charge in [0.25, 0.3) is 11.8 Å². The quantitative estimate of drug-likeness (QED) is 0.868. The molecule has 2 amide bonds. The maximum atomic E-state index is 12.5. The van der Waals surface area contributed by atoms with Crippen LogP contribution >= 0.6 is 0 Å². The molecular weight excluding hydrogens is 296 g/mol. The second-order valence-corrected chi connectivity index (χ2v) is 6.10. The highest BCUT2D eigenvalue weighted by Crippen LogP contribution is 2.22. The molecule has 1 aliphatic heterocycles. The molecule has 6 heteroatoms. The normalized spacial score (nSPS) is 17.3. The number of carbonyl (C=O) groups excluding carboxylic acids is 2. The van der Waals surface area contributed by atoms with Crippen LogP contribution in [0.25, 0.3) is 0 Å². The molecule has 0 spiro atoms. The minimum absolute atomic E-state index is 0.0272. The SMILES string of the molecule is CC(C)NC(=O)c1ccc(C(=O)N2CCCC2CC(=O)O)cc1. The maximum Gasteiger partial charge on any atom is 0.305 e. The molecule has 124 valence electrons. The monoisotopic (exact) mass is 318 g/mol. The van der Waals surface area contributed by atoms with E-state index in [9.17, 15) is 14.4 Å². The zero-order valence-electron chi connectivity index (χ0n) is 13.4. The van der Waals surface area contributed by atoms with Crippen molar-refractivity contribution in [1.29, 1.82) is 0 Å². The zero-order valence-corrected chi connectivity index (χ0v) is 13.4. The molecule has 1 atom stereocenters. The van der Waals surface area contributed by atoms with Crippen LogP contribution in [-0.4, -0.2) is 46.4 Å². The maximum absolute atomic E-state index is 12.5. The molecule has 0 aliphatic carbocycles. The van der Waals surface area contributed by atoms with Gasteiger partial charge >= 0.3 is 5.97 Å². The third-order valence-corrected chi connectivity index (χ3v) is 3.86. The van der Waals surface area contributed by atoms with Crippen LogP contribution in [0.5, 0.6) is 0 Å². The Balaban J connectivity index is 2.08. The number of carboxylic acid groups (broad SMARTS) is 1. The van der Waals surface area contributed by atoms with E-state index in [2.05, 4.69) is 5.32 Å². The van der Waals surface area contributed by atoms with Gasteiger partial charge in [0.2, 0.25) is 0 Å². The van der Waals surface area contributed by atoms with Gasteiger partial charge in [-0.25, -0.2) is 0 Å². The van der Waals surface area contributed by atoms with Gasteiger partial charge in [0.1, 0.15) is 0 Å². The topological polar surface area (TPSA) is 86.7 Å². The number of nitrogens with zero attached hydrogens (tertiary/aromatic N) is 1. The first-order valence-corrected chi connectivity index (χ1v) is 7.82. The minimum Gasteiger partial charge on any atom is -0.481 e. The number of aliphatic carboxylic acids is 1. The number of likely N-dealkylation sites (tertiary alicyclic amines) is 1. The fourth-order valence-electron chi connectivity index (χ4n) is 2.79. The molecule has 2 rings (SSSR count). The van der Waals surface area contributed by atoms with Crippen molar-refractivity contribution in [2.75, 3.05) is 6.54 Å². The van der Waals surface area contributed by atoms with E-state index < -0.39 is 5.97 Å². The number of rotatable bonds is 5. The molecule has 23 heavy (non-hydrogen) atoms. The van der Waals surface area contributed by atoms with Crippen LogP contribution in [0.4, 0.5) is 0 Å². The molecular formula is C17H22N2O4. The lowest BCUT2D eigenvalue weighted by Gasteiger charge is -2.23. The van der Waals surface area contributed by atoms with Gasteiger partial charge < -0.3 is 15.3 Å². The highest BCUT2D eigenvalue weighted by Gasteiger charge is 2.30. The van der Waals surface area contributed by atoms with Crippen LogP contribution in [0.2, 0.25) is 0 Å². The molecule has 1 saturated heterocycles. The summed E-state index contributed by atoms with van der Waals surface area (Å²) in [5, 5.41) is 11.7. The smallest absolute Gasteiger partial charge is 0.305 e. The lowest BCUT2D eigenvalue weighted by molar-refractivity contribution is -0.137. The van der Waals surface area contributed by atoms with Crippen molar-refractivity contribution >= 4 is 17.8 Å². The highest BCUT2D eigenvalue weighted by atomic mass is 16.4. The van der Waals surface area contributed by atoms with Crippen LogP contribution in [0.15, 0.2) is 24.3 Å². The Hall–Kier alpha value is -2.37. The number of nitrogens with one attached hydrogen (secondary N) is 1. The van der Waals surface area contributed by atoms with Crippen LogP contribution < -0.4 is 5.32 Å². The van der Waals surface area contributed by atoms with Crippen molar-refractivity contribution in [2.24, 2.45) is 0 Å². The van der Waals surface area contributed by atoms with Crippen LogP contribution in [0.3, 0.4) is 0 Å². The van der Waals surface area contributed by atoms with Crippen molar-refractivity contribution < 1.29 is 19.5 Å². The first kappa shape index (κ1) is 17.0. The second-order valence-electron chi connectivity index (χ2n) is 6.10. The molecule has 1 aromatic carbocycles. The predicted molar refractivity (Wildman–Crippen MR) is 85.4 cm³/mol. The summed E-state index contributed by atoms with van der Waals surface area (Å²) in [4.78, 5) is 36.9. The molecule has 1 aliphatic rings. The van der Waals surface area contributed by atoms with Gasteiger partial charge in [0, 0.05) is 29.8 Å². The van der Waals surface area contributed by atoms with Gasteiger partial charge in [-0.15, -0.1) is 0 Å². The summed E-state index contributed by atoms with van der Waals surface area (Å²) in [6.45, 7) is 4.34. The standard InChI is InChI=1S/C17H22N2O4/c1-11(2)18-16(22)12-5-7-13(8-6-12)17(23)19-9-3-4-14(19)10-15(20)21/h5-8,11,14H,3-4,9-10H2,1-2H3,(H,18,22)(H,20,21). The number of amides is 2. The molecule has 0 radical (unpaired) electrons. The Morgan fingerprint density at radius 1 is 1.22 bits per heavy atom. The Labute approximate surface area is 135 Å². The van der Waals surface area contributed by atoms with Crippen molar-refractivity contribution in [3.8, 4) is 0 Å². The van der Waals surface area contributed by atoms with Crippen LogP contribution in [0, 0.1) is 0 Å². The fraction of sp³-hybridized carbons (Fsp3) is 0.471. The second kappa shape index (κ2) is 7.26. The highest BCUT2D eigenvalue weighted by molar-refractivity contribution is 5.98. The van der Waals surface area contributed by atoms with E-state index >= 15 is 0 Å². The van der Waals surface area contributed by atoms with Crippen LogP contribution in [0.1, 0.15) is 53.8 Å². The van der Waals surface area contributed by atoms with Crippen LogP contribution in [-0.2, 0) is 4.79 Å². The number of hydrogen-bond donors (Lipinski definition) is 2. The molecule has 1 aromatic rings. The van der Waals surface area contributed by atoms with Gasteiger partial charge in [0.15, 0.2) is 0 Å². The summed E-state index contributed by atoms with van der Waals surface area (Å²) < 4.78 is 0. The molecule has 1 unspecified atom stereocenters. The molecule has 6 nitrogen and oxygen atoms in total. The van der Waals surface area contributed by atoms with E-state index in [4.69, 9.17) is 5.11 Å². The summed E-state index contributed by atoms with van der Waals surface area (Å²) in [7, 11) is 0. The van der Waals surface area contributed by atoms with Gasteiger partial charge in [-0.05, 0) is 51.0 Å². The average molecular weight is 318 g/mol. The summed E-state index contributed by atoms with van der Waals surface area (Å²) in [5.41, 5.74) is 0.974.